The van der Waals surface area contributed by atoms with Crippen LogP contribution in [0.5, 0.6) is 0 Å². The maximum absolute atomic E-state index is 4.54. The summed E-state index contributed by atoms with van der Waals surface area (Å²) in [4.78, 5) is 13.9. The first kappa shape index (κ1) is 16.2. The summed E-state index contributed by atoms with van der Waals surface area (Å²) in [5.41, 5.74) is 1.16. The Balaban J connectivity index is 1.88. The molecule has 0 spiro atoms. The second-order valence-electron chi connectivity index (χ2n) is 5.68. The molecule has 1 aromatic heterocycles. The zero-order chi connectivity index (χ0) is 15.1. The van der Waals surface area contributed by atoms with Crippen LogP contribution in [0.25, 0.3) is 0 Å². The Bertz CT molecular complexity index is 402. The van der Waals surface area contributed by atoms with Gasteiger partial charge in [0.15, 0.2) is 0 Å². The van der Waals surface area contributed by atoms with E-state index in [1.807, 2.05) is 12.4 Å². The maximum atomic E-state index is 4.54. The van der Waals surface area contributed by atoms with Crippen LogP contribution in [0.1, 0.15) is 39.2 Å². The summed E-state index contributed by atoms with van der Waals surface area (Å²) in [7, 11) is 0. The van der Waals surface area contributed by atoms with Crippen molar-refractivity contribution >= 4 is 5.95 Å². The first-order valence-corrected chi connectivity index (χ1v) is 8.29. The van der Waals surface area contributed by atoms with Crippen LogP contribution in [0, 0.1) is 0 Å². The summed E-state index contributed by atoms with van der Waals surface area (Å²) >= 11 is 0. The van der Waals surface area contributed by atoms with Gasteiger partial charge in [0.05, 0.1) is 0 Å². The van der Waals surface area contributed by atoms with Crippen molar-refractivity contribution in [3.05, 3.63) is 18.0 Å². The molecule has 0 saturated carbocycles. The van der Waals surface area contributed by atoms with E-state index in [4.69, 9.17) is 0 Å². The zero-order valence-corrected chi connectivity index (χ0v) is 13.7. The fourth-order valence-corrected chi connectivity index (χ4v) is 2.97. The molecule has 1 fully saturated rings. The standard InChI is InChI=1S/C16H29N5/c1-4-8-17-10-14-11-18-16(19-12-14)21-9-7-15(13-21)20(5-2)6-3/h11-12,15,17H,4-10,13H2,1-3H3. The molecular formula is C16H29N5. The second kappa shape index (κ2) is 8.29. The number of hydrogen-bond acceptors (Lipinski definition) is 5. The van der Waals surface area contributed by atoms with Crippen LogP contribution in [0.4, 0.5) is 5.95 Å². The molecule has 1 aliphatic rings. The average Bonchev–Trinajstić information content (AvgIpc) is 2.99. The van der Waals surface area contributed by atoms with E-state index < -0.39 is 0 Å². The molecule has 2 heterocycles. The highest BCUT2D eigenvalue weighted by Crippen LogP contribution is 2.19. The van der Waals surface area contributed by atoms with Gasteiger partial charge in [-0.05, 0) is 32.5 Å². The van der Waals surface area contributed by atoms with E-state index in [-0.39, 0.29) is 0 Å². The summed E-state index contributed by atoms with van der Waals surface area (Å²) in [5.74, 6) is 0.879. The lowest BCUT2D eigenvalue weighted by Crippen LogP contribution is -2.37. The van der Waals surface area contributed by atoms with E-state index in [1.54, 1.807) is 0 Å². The van der Waals surface area contributed by atoms with Gasteiger partial charge in [-0.25, -0.2) is 9.97 Å². The maximum Gasteiger partial charge on any atom is 0.225 e. The van der Waals surface area contributed by atoms with Crippen molar-refractivity contribution in [3.63, 3.8) is 0 Å². The quantitative estimate of drug-likeness (QED) is 0.741. The fraction of sp³-hybridized carbons (Fsp3) is 0.750. The smallest absolute Gasteiger partial charge is 0.225 e. The molecule has 5 nitrogen and oxygen atoms in total. The first-order valence-electron chi connectivity index (χ1n) is 8.29. The monoisotopic (exact) mass is 291 g/mol. The van der Waals surface area contributed by atoms with Crippen molar-refractivity contribution in [1.29, 1.82) is 0 Å². The minimum atomic E-state index is 0.648. The third-order valence-corrected chi connectivity index (χ3v) is 4.22. The van der Waals surface area contributed by atoms with Crippen LogP contribution in [0.3, 0.4) is 0 Å². The van der Waals surface area contributed by atoms with Gasteiger partial charge in [-0.15, -0.1) is 0 Å². The van der Waals surface area contributed by atoms with Crippen LogP contribution in [0.2, 0.25) is 0 Å². The number of rotatable bonds is 8. The number of likely N-dealkylation sites (N-methyl/N-ethyl adjacent to an activating group) is 1. The van der Waals surface area contributed by atoms with Gasteiger partial charge in [0.2, 0.25) is 5.95 Å². The van der Waals surface area contributed by atoms with Crippen molar-refractivity contribution in [2.75, 3.05) is 37.6 Å². The Labute approximate surface area is 128 Å². The van der Waals surface area contributed by atoms with E-state index in [2.05, 4.69) is 45.9 Å². The van der Waals surface area contributed by atoms with Crippen LogP contribution < -0.4 is 10.2 Å². The Kier molecular flexibility index (Phi) is 6.39. The molecule has 0 aromatic carbocycles. The van der Waals surface area contributed by atoms with Crippen molar-refractivity contribution in [1.82, 2.24) is 20.2 Å². The number of nitrogens with zero attached hydrogens (tertiary/aromatic N) is 4. The fourth-order valence-electron chi connectivity index (χ4n) is 2.97. The van der Waals surface area contributed by atoms with Gasteiger partial charge in [0, 0.05) is 43.6 Å². The zero-order valence-electron chi connectivity index (χ0n) is 13.7. The molecule has 1 N–H and O–H groups in total. The number of anilines is 1. The van der Waals surface area contributed by atoms with Gasteiger partial charge in [-0.2, -0.15) is 0 Å². The summed E-state index contributed by atoms with van der Waals surface area (Å²) in [6.07, 6.45) is 6.27. The summed E-state index contributed by atoms with van der Waals surface area (Å²) in [6, 6.07) is 0.648. The third kappa shape index (κ3) is 4.38. The minimum absolute atomic E-state index is 0.648. The van der Waals surface area contributed by atoms with E-state index in [0.717, 1.165) is 57.2 Å². The number of aromatic nitrogens is 2. The molecule has 0 radical (unpaired) electrons. The van der Waals surface area contributed by atoms with Gasteiger partial charge in [-0.1, -0.05) is 20.8 Å². The van der Waals surface area contributed by atoms with Crippen molar-refractivity contribution < 1.29 is 0 Å². The number of hydrogen-bond donors (Lipinski definition) is 1. The van der Waals surface area contributed by atoms with Crippen molar-refractivity contribution in [3.8, 4) is 0 Å². The molecule has 1 atom stereocenters. The first-order chi connectivity index (χ1) is 10.3. The molecule has 0 amide bonds. The highest BCUT2D eigenvalue weighted by atomic mass is 15.3. The normalized spacial score (nSPS) is 18.7. The van der Waals surface area contributed by atoms with Crippen LogP contribution in [-0.4, -0.2) is 53.6 Å². The van der Waals surface area contributed by atoms with Gasteiger partial charge in [-0.3, -0.25) is 4.90 Å². The topological polar surface area (TPSA) is 44.3 Å². The predicted octanol–water partition coefficient (Wildman–Crippen LogP) is 1.90. The SMILES string of the molecule is CCCNCc1cnc(N2CCC(N(CC)CC)C2)nc1. The Morgan fingerprint density at radius 3 is 2.57 bits per heavy atom. The molecular weight excluding hydrogens is 262 g/mol. The lowest BCUT2D eigenvalue weighted by molar-refractivity contribution is 0.232. The van der Waals surface area contributed by atoms with Crippen molar-refractivity contribution in [2.24, 2.45) is 0 Å². The molecule has 5 heteroatoms. The van der Waals surface area contributed by atoms with Crippen LogP contribution in [0.15, 0.2) is 12.4 Å². The van der Waals surface area contributed by atoms with E-state index in [0.29, 0.717) is 6.04 Å². The molecule has 0 aliphatic carbocycles. The van der Waals surface area contributed by atoms with Gasteiger partial charge >= 0.3 is 0 Å². The molecule has 118 valence electrons. The molecule has 1 aromatic rings. The largest absolute Gasteiger partial charge is 0.339 e. The van der Waals surface area contributed by atoms with Crippen LogP contribution in [-0.2, 0) is 6.54 Å². The highest BCUT2D eigenvalue weighted by molar-refractivity contribution is 5.32. The Morgan fingerprint density at radius 2 is 1.95 bits per heavy atom. The van der Waals surface area contributed by atoms with Crippen LogP contribution >= 0.6 is 0 Å². The average molecular weight is 291 g/mol. The van der Waals surface area contributed by atoms with Gasteiger partial charge < -0.3 is 10.2 Å². The summed E-state index contributed by atoms with van der Waals surface area (Å²) in [6.45, 7) is 12.9. The minimum Gasteiger partial charge on any atom is -0.339 e. The van der Waals surface area contributed by atoms with E-state index >= 15 is 0 Å². The molecule has 21 heavy (non-hydrogen) atoms. The molecule has 1 saturated heterocycles. The highest BCUT2D eigenvalue weighted by Gasteiger charge is 2.27. The third-order valence-electron chi connectivity index (χ3n) is 4.22. The molecule has 1 unspecified atom stereocenters. The lowest BCUT2D eigenvalue weighted by atomic mass is 10.2. The summed E-state index contributed by atoms with van der Waals surface area (Å²) < 4.78 is 0. The predicted molar refractivity (Wildman–Crippen MR) is 87.6 cm³/mol. The second-order valence-corrected chi connectivity index (χ2v) is 5.68. The molecule has 1 aliphatic heterocycles. The van der Waals surface area contributed by atoms with Crippen molar-refractivity contribution in [2.45, 2.75) is 46.2 Å². The Morgan fingerprint density at radius 1 is 1.24 bits per heavy atom. The van der Waals surface area contributed by atoms with Gasteiger partial charge in [0.1, 0.15) is 0 Å². The van der Waals surface area contributed by atoms with E-state index in [1.165, 1.54) is 6.42 Å². The Hall–Kier alpha value is -1.20. The summed E-state index contributed by atoms with van der Waals surface area (Å²) in [5, 5.41) is 3.38. The molecule has 2 rings (SSSR count). The van der Waals surface area contributed by atoms with E-state index in [9.17, 15) is 0 Å². The number of nitrogens with one attached hydrogen (secondary N) is 1. The lowest BCUT2D eigenvalue weighted by Gasteiger charge is -2.26. The van der Waals surface area contributed by atoms with Gasteiger partial charge in [0.25, 0.3) is 0 Å². The molecule has 0 bridgehead atoms.